The summed E-state index contributed by atoms with van der Waals surface area (Å²) in [5, 5.41) is 0.0451. The molecule has 1 saturated carbocycles. The van der Waals surface area contributed by atoms with Gasteiger partial charge in [0.05, 0.1) is 0 Å². The first kappa shape index (κ1) is 8.32. The molecule has 0 saturated heterocycles. The zero-order valence-corrected chi connectivity index (χ0v) is 7.29. The van der Waals surface area contributed by atoms with Crippen LogP contribution in [0, 0.1) is 5.92 Å². The van der Waals surface area contributed by atoms with E-state index in [-0.39, 0.29) is 11.3 Å². The largest absolute Gasteiger partial charge is 0.244 e. The predicted molar refractivity (Wildman–Crippen MR) is 42.2 cm³/mol. The molecule has 1 aliphatic rings. The Morgan fingerprint density at radius 3 is 2.60 bits per heavy atom. The summed E-state index contributed by atoms with van der Waals surface area (Å²) in [6, 6.07) is 0. The second-order valence-corrected chi connectivity index (χ2v) is 4.04. The fourth-order valence-electron chi connectivity index (χ4n) is 1.50. The van der Waals surface area contributed by atoms with Gasteiger partial charge in [-0.15, -0.1) is 11.6 Å². The van der Waals surface area contributed by atoms with Crippen molar-refractivity contribution >= 4 is 11.6 Å². The van der Waals surface area contributed by atoms with E-state index in [1.54, 1.807) is 6.92 Å². The maximum Gasteiger partial charge on any atom is 0.112 e. The normalized spacial score (nSPS) is 49.2. The van der Waals surface area contributed by atoms with E-state index < -0.39 is 5.67 Å². The molecule has 0 heterocycles. The smallest absolute Gasteiger partial charge is 0.112 e. The van der Waals surface area contributed by atoms with Crippen LogP contribution < -0.4 is 0 Å². The van der Waals surface area contributed by atoms with E-state index in [2.05, 4.69) is 0 Å². The van der Waals surface area contributed by atoms with Crippen LogP contribution in [0.2, 0.25) is 0 Å². The second kappa shape index (κ2) is 2.69. The summed E-state index contributed by atoms with van der Waals surface area (Å²) < 4.78 is 13.4. The number of rotatable bonds is 0. The Hall–Kier alpha value is 0.220. The Labute approximate surface area is 66.8 Å². The van der Waals surface area contributed by atoms with Crippen LogP contribution in [0.25, 0.3) is 0 Å². The quantitative estimate of drug-likeness (QED) is 0.483. The fourth-order valence-corrected chi connectivity index (χ4v) is 1.91. The van der Waals surface area contributed by atoms with Crippen molar-refractivity contribution in [3.8, 4) is 0 Å². The van der Waals surface area contributed by atoms with Gasteiger partial charge < -0.3 is 0 Å². The van der Waals surface area contributed by atoms with Gasteiger partial charge >= 0.3 is 0 Å². The molecule has 0 aliphatic heterocycles. The van der Waals surface area contributed by atoms with Gasteiger partial charge in [0.2, 0.25) is 0 Å². The molecule has 0 aromatic rings. The van der Waals surface area contributed by atoms with E-state index in [4.69, 9.17) is 11.6 Å². The maximum absolute atomic E-state index is 13.4. The lowest BCUT2D eigenvalue weighted by Crippen LogP contribution is -2.37. The minimum absolute atomic E-state index is 0.0166. The molecule has 0 bridgehead atoms. The molecule has 1 fully saturated rings. The highest BCUT2D eigenvalue weighted by Crippen LogP contribution is 2.38. The lowest BCUT2D eigenvalue weighted by Gasteiger charge is -2.35. The van der Waals surface area contributed by atoms with Crippen molar-refractivity contribution in [1.82, 2.24) is 0 Å². The Morgan fingerprint density at radius 1 is 1.60 bits per heavy atom. The molecular weight excluding hydrogens is 151 g/mol. The highest BCUT2D eigenvalue weighted by atomic mass is 35.5. The summed E-state index contributed by atoms with van der Waals surface area (Å²) in [6.07, 6.45) is 2.59. The molecule has 1 rings (SSSR count). The lowest BCUT2D eigenvalue weighted by molar-refractivity contribution is 0.0707. The average Bonchev–Trinajstić information content (AvgIpc) is 1.83. The van der Waals surface area contributed by atoms with Crippen molar-refractivity contribution in [2.75, 3.05) is 0 Å². The molecule has 10 heavy (non-hydrogen) atoms. The molecule has 3 atom stereocenters. The van der Waals surface area contributed by atoms with E-state index in [1.165, 1.54) is 0 Å². The van der Waals surface area contributed by atoms with Gasteiger partial charge in [0.1, 0.15) is 5.67 Å². The van der Waals surface area contributed by atoms with E-state index >= 15 is 0 Å². The van der Waals surface area contributed by atoms with Crippen molar-refractivity contribution in [3.05, 3.63) is 0 Å². The standard InChI is InChI=1S/C8H14ClF/c1-6-7(9)4-3-5-8(6,2)10/h6-7H,3-5H2,1-2H3. The number of hydrogen-bond donors (Lipinski definition) is 0. The van der Waals surface area contributed by atoms with Crippen LogP contribution in [0.1, 0.15) is 33.1 Å². The molecule has 0 aromatic heterocycles. The SMILES string of the molecule is CC1C(Cl)CCCC1(C)F. The van der Waals surface area contributed by atoms with Crippen LogP contribution in [0.5, 0.6) is 0 Å². The van der Waals surface area contributed by atoms with Crippen molar-refractivity contribution in [1.29, 1.82) is 0 Å². The van der Waals surface area contributed by atoms with Crippen LogP contribution >= 0.6 is 11.6 Å². The summed E-state index contributed by atoms with van der Waals surface area (Å²) in [7, 11) is 0. The highest BCUT2D eigenvalue weighted by molar-refractivity contribution is 6.20. The zero-order valence-electron chi connectivity index (χ0n) is 6.53. The first-order chi connectivity index (χ1) is 4.54. The zero-order chi connectivity index (χ0) is 7.78. The monoisotopic (exact) mass is 164 g/mol. The molecule has 0 amide bonds. The second-order valence-electron chi connectivity index (χ2n) is 3.47. The van der Waals surface area contributed by atoms with Crippen molar-refractivity contribution in [2.24, 2.45) is 5.92 Å². The predicted octanol–water partition coefficient (Wildman–Crippen LogP) is 3.14. The topological polar surface area (TPSA) is 0 Å². The molecule has 60 valence electrons. The molecule has 2 heteroatoms. The van der Waals surface area contributed by atoms with Gasteiger partial charge in [0.25, 0.3) is 0 Å². The van der Waals surface area contributed by atoms with Crippen LogP contribution in [-0.2, 0) is 0 Å². The average molecular weight is 165 g/mol. The third-order valence-corrected chi connectivity index (χ3v) is 3.23. The van der Waals surface area contributed by atoms with Gasteiger partial charge in [0, 0.05) is 11.3 Å². The van der Waals surface area contributed by atoms with E-state index in [9.17, 15) is 4.39 Å². The van der Waals surface area contributed by atoms with Gasteiger partial charge in [-0.3, -0.25) is 0 Å². The van der Waals surface area contributed by atoms with Gasteiger partial charge in [0.15, 0.2) is 0 Å². The Balaban J connectivity index is 2.60. The summed E-state index contributed by atoms with van der Waals surface area (Å²) in [5.74, 6) is 0.0166. The lowest BCUT2D eigenvalue weighted by atomic mass is 9.79. The molecule has 0 spiro atoms. The van der Waals surface area contributed by atoms with Gasteiger partial charge in [-0.2, -0.15) is 0 Å². The highest BCUT2D eigenvalue weighted by Gasteiger charge is 2.38. The summed E-state index contributed by atoms with van der Waals surface area (Å²) in [5.41, 5.74) is -1.02. The minimum atomic E-state index is -1.02. The summed E-state index contributed by atoms with van der Waals surface area (Å²) >= 11 is 5.91. The summed E-state index contributed by atoms with van der Waals surface area (Å²) in [4.78, 5) is 0. The summed E-state index contributed by atoms with van der Waals surface area (Å²) in [6.45, 7) is 3.56. The Morgan fingerprint density at radius 2 is 2.20 bits per heavy atom. The van der Waals surface area contributed by atoms with E-state index in [1.807, 2.05) is 6.92 Å². The third kappa shape index (κ3) is 1.45. The number of hydrogen-bond acceptors (Lipinski definition) is 0. The Bertz CT molecular complexity index is 122. The molecular formula is C8H14ClF. The molecule has 3 unspecified atom stereocenters. The van der Waals surface area contributed by atoms with Crippen molar-refractivity contribution in [2.45, 2.75) is 44.2 Å². The number of alkyl halides is 2. The molecule has 1 aliphatic carbocycles. The molecule has 0 nitrogen and oxygen atoms in total. The van der Waals surface area contributed by atoms with E-state index in [0.29, 0.717) is 6.42 Å². The van der Waals surface area contributed by atoms with Gasteiger partial charge in [-0.25, -0.2) is 4.39 Å². The Kier molecular flexibility index (Phi) is 2.24. The first-order valence-electron chi connectivity index (χ1n) is 3.87. The first-order valence-corrected chi connectivity index (χ1v) is 4.30. The van der Waals surface area contributed by atoms with Crippen LogP contribution in [0.4, 0.5) is 4.39 Å². The fraction of sp³-hybridized carbons (Fsp3) is 1.00. The third-order valence-electron chi connectivity index (χ3n) is 2.64. The van der Waals surface area contributed by atoms with Crippen LogP contribution in [0.3, 0.4) is 0 Å². The van der Waals surface area contributed by atoms with Gasteiger partial charge in [-0.1, -0.05) is 6.92 Å². The van der Waals surface area contributed by atoms with Crippen LogP contribution in [-0.4, -0.2) is 11.0 Å². The number of halogens is 2. The minimum Gasteiger partial charge on any atom is -0.244 e. The molecule has 0 aromatic carbocycles. The molecule has 0 radical (unpaired) electrons. The van der Waals surface area contributed by atoms with Crippen molar-refractivity contribution < 1.29 is 4.39 Å². The van der Waals surface area contributed by atoms with E-state index in [0.717, 1.165) is 12.8 Å². The maximum atomic E-state index is 13.4. The van der Waals surface area contributed by atoms with Gasteiger partial charge in [-0.05, 0) is 26.2 Å². The van der Waals surface area contributed by atoms with Crippen molar-refractivity contribution in [3.63, 3.8) is 0 Å². The van der Waals surface area contributed by atoms with Crippen LogP contribution in [0.15, 0.2) is 0 Å². The molecule has 0 N–H and O–H groups in total.